The van der Waals surface area contributed by atoms with Crippen molar-refractivity contribution in [1.29, 1.82) is 0 Å². The zero-order chi connectivity index (χ0) is 22.5. The van der Waals surface area contributed by atoms with Gasteiger partial charge in [0.25, 0.3) is 30.4 Å². The van der Waals surface area contributed by atoms with Gasteiger partial charge in [-0.2, -0.15) is 30.2 Å². The van der Waals surface area contributed by atoms with E-state index in [0.29, 0.717) is 12.1 Å². The standard InChI is InChI=1S/C13H11N5O9S3/c14-12-15-5-16-13(18-12)17-6-1-8-9(10(2-6)29(22,23)24)3-7(28(19,20)21)4-11(8)30(25,26)27/h1-5H,(H,19,20,21)(H,22,23,24)(H,25,26,27)(H3,14,15,16,17,18). The molecule has 0 radical (unpaired) electrons. The number of nitrogen functional groups attached to an aromatic ring is 1. The van der Waals surface area contributed by atoms with Crippen molar-refractivity contribution in [3.63, 3.8) is 0 Å². The first kappa shape index (κ1) is 21.7. The summed E-state index contributed by atoms with van der Waals surface area (Å²) in [5.74, 6) is -0.370. The van der Waals surface area contributed by atoms with Crippen LogP contribution in [-0.2, 0) is 30.4 Å². The molecule has 3 aromatic rings. The quantitative estimate of drug-likeness (QED) is 0.306. The summed E-state index contributed by atoms with van der Waals surface area (Å²) in [4.78, 5) is 7.98. The van der Waals surface area contributed by atoms with Gasteiger partial charge in [-0.3, -0.25) is 13.7 Å². The van der Waals surface area contributed by atoms with Gasteiger partial charge >= 0.3 is 0 Å². The second-order valence-electron chi connectivity index (χ2n) is 5.71. The fourth-order valence-corrected chi connectivity index (χ4v) is 4.57. The second-order valence-corrected chi connectivity index (χ2v) is 9.91. The lowest BCUT2D eigenvalue weighted by molar-refractivity contribution is 0.478. The van der Waals surface area contributed by atoms with Gasteiger partial charge in [0, 0.05) is 16.5 Å². The van der Waals surface area contributed by atoms with E-state index >= 15 is 0 Å². The molecule has 0 fully saturated rings. The SMILES string of the molecule is Nc1ncnc(Nc2cc(S(=O)(=O)O)c3cc(S(=O)(=O)O)cc(S(=O)(=O)O)c3c2)n1. The van der Waals surface area contributed by atoms with Gasteiger partial charge in [-0.1, -0.05) is 0 Å². The molecule has 1 heterocycles. The van der Waals surface area contributed by atoms with E-state index < -0.39 is 55.8 Å². The maximum Gasteiger partial charge on any atom is 0.295 e. The van der Waals surface area contributed by atoms with Gasteiger partial charge < -0.3 is 11.1 Å². The van der Waals surface area contributed by atoms with Crippen LogP contribution in [0.15, 0.2) is 45.3 Å². The molecule has 0 aliphatic heterocycles. The fourth-order valence-electron chi connectivity index (χ4n) is 2.52. The normalized spacial score (nSPS) is 12.8. The topological polar surface area (TPSA) is 240 Å². The average Bonchev–Trinajstić information content (AvgIpc) is 2.57. The van der Waals surface area contributed by atoms with E-state index in [0.717, 1.165) is 18.5 Å². The van der Waals surface area contributed by atoms with E-state index in [-0.39, 0.29) is 17.6 Å². The molecule has 17 heteroatoms. The molecule has 1 aromatic heterocycles. The van der Waals surface area contributed by atoms with Gasteiger partial charge in [-0.05, 0) is 24.3 Å². The molecule has 0 atom stereocenters. The molecule has 160 valence electrons. The Labute approximate surface area is 169 Å². The van der Waals surface area contributed by atoms with Crippen molar-refractivity contribution < 1.29 is 38.9 Å². The number of fused-ring (bicyclic) bond motifs is 1. The van der Waals surface area contributed by atoms with E-state index in [4.69, 9.17) is 5.73 Å². The van der Waals surface area contributed by atoms with Crippen LogP contribution in [-0.4, -0.2) is 53.9 Å². The number of aromatic nitrogens is 3. The Kier molecular flexibility index (Phi) is 5.13. The Morgan fingerprint density at radius 1 is 0.767 bits per heavy atom. The minimum atomic E-state index is -5.11. The third kappa shape index (κ3) is 4.45. The summed E-state index contributed by atoms with van der Waals surface area (Å²) in [5, 5.41) is 1.41. The van der Waals surface area contributed by atoms with Crippen molar-refractivity contribution in [3.05, 3.63) is 30.6 Å². The Morgan fingerprint density at radius 3 is 1.87 bits per heavy atom. The minimum Gasteiger partial charge on any atom is -0.368 e. The zero-order valence-corrected chi connectivity index (χ0v) is 16.8. The average molecular weight is 477 g/mol. The third-order valence-electron chi connectivity index (χ3n) is 3.67. The maximum absolute atomic E-state index is 11.9. The van der Waals surface area contributed by atoms with Crippen LogP contribution >= 0.6 is 0 Å². The summed E-state index contributed by atoms with van der Waals surface area (Å²) in [6, 6.07) is 2.87. The van der Waals surface area contributed by atoms with Crippen LogP contribution in [0.2, 0.25) is 0 Å². The monoisotopic (exact) mass is 477 g/mol. The molecule has 14 nitrogen and oxygen atoms in total. The predicted molar refractivity (Wildman–Crippen MR) is 101 cm³/mol. The molecular formula is C13H11N5O9S3. The van der Waals surface area contributed by atoms with Crippen LogP contribution in [0.5, 0.6) is 0 Å². The van der Waals surface area contributed by atoms with Crippen molar-refractivity contribution in [2.45, 2.75) is 14.7 Å². The summed E-state index contributed by atoms with van der Waals surface area (Å²) in [7, 11) is -15.2. The fraction of sp³-hybridized carbons (Fsp3) is 0. The Bertz CT molecular complexity index is 1500. The van der Waals surface area contributed by atoms with Gasteiger partial charge in [0.05, 0.1) is 4.90 Å². The van der Waals surface area contributed by atoms with Gasteiger partial charge in [0.2, 0.25) is 11.9 Å². The molecule has 0 unspecified atom stereocenters. The van der Waals surface area contributed by atoms with Crippen molar-refractivity contribution in [2.24, 2.45) is 0 Å². The van der Waals surface area contributed by atoms with Crippen molar-refractivity contribution in [1.82, 2.24) is 15.0 Å². The van der Waals surface area contributed by atoms with Crippen LogP contribution < -0.4 is 11.1 Å². The zero-order valence-electron chi connectivity index (χ0n) is 14.3. The molecule has 0 bridgehead atoms. The Hall–Kier alpha value is -2.96. The van der Waals surface area contributed by atoms with Crippen LogP contribution in [0, 0.1) is 0 Å². The second kappa shape index (κ2) is 7.07. The Morgan fingerprint density at radius 2 is 1.33 bits per heavy atom. The number of benzene rings is 2. The summed E-state index contributed by atoms with van der Waals surface area (Å²) < 4.78 is 98.6. The largest absolute Gasteiger partial charge is 0.368 e. The lowest BCUT2D eigenvalue weighted by Crippen LogP contribution is -2.08. The molecule has 30 heavy (non-hydrogen) atoms. The van der Waals surface area contributed by atoms with Gasteiger partial charge in [-0.25, -0.2) is 9.97 Å². The van der Waals surface area contributed by atoms with Crippen molar-refractivity contribution in [2.75, 3.05) is 11.1 Å². The molecule has 6 N–H and O–H groups in total. The summed E-state index contributed by atoms with van der Waals surface area (Å²) >= 11 is 0. The number of rotatable bonds is 5. The number of hydrogen-bond donors (Lipinski definition) is 5. The smallest absolute Gasteiger partial charge is 0.295 e. The number of nitrogens with one attached hydrogen (secondary N) is 1. The highest BCUT2D eigenvalue weighted by molar-refractivity contribution is 7.87. The first-order chi connectivity index (χ1) is 13.7. The molecule has 0 aliphatic rings. The number of anilines is 3. The summed E-state index contributed by atoms with van der Waals surface area (Å²) in [6.45, 7) is 0. The first-order valence-corrected chi connectivity index (χ1v) is 11.7. The molecule has 0 aliphatic carbocycles. The minimum absolute atomic E-state index is 0.175. The van der Waals surface area contributed by atoms with Crippen LogP contribution in [0.25, 0.3) is 10.8 Å². The Balaban J connectivity index is 2.44. The van der Waals surface area contributed by atoms with E-state index in [1.165, 1.54) is 0 Å². The number of nitrogens with two attached hydrogens (primary N) is 1. The number of nitrogens with zero attached hydrogens (tertiary/aromatic N) is 3. The highest BCUT2D eigenvalue weighted by atomic mass is 32.2. The van der Waals surface area contributed by atoms with E-state index in [1.54, 1.807) is 0 Å². The summed E-state index contributed by atoms with van der Waals surface area (Å²) in [5.41, 5.74) is 5.23. The molecule has 0 spiro atoms. The highest BCUT2D eigenvalue weighted by Crippen LogP contribution is 2.35. The van der Waals surface area contributed by atoms with E-state index in [2.05, 4.69) is 20.3 Å². The van der Waals surface area contributed by atoms with Gasteiger partial charge in [0.15, 0.2) is 0 Å². The van der Waals surface area contributed by atoms with Gasteiger partial charge in [-0.15, -0.1) is 0 Å². The van der Waals surface area contributed by atoms with Crippen LogP contribution in [0.4, 0.5) is 17.6 Å². The van der Waals surface area contributed by atoms with Crippen molar-refractivity contribution in [3.8, 4) is 0 Å². The molecule has 0 saturated carbocycles. The van der Waals surface area contributed by atoms with Crippen LogP contribution in [0.3, 0.4) is 0 Å². The predicted octanol–water partition coefficient (Wildman–Crippen LogP) is 0.0907. The summed E-state index contributed by atoms with van der Waals surface area (Å²) in [6.07, 6.45) is 1.03. The molecule has 2 aromatic carbocycles. The maximum atomic E-state index is 11.9. The van der Waals surface area contributed by atoms with Crippen LogP contribution in [0.1, 0.15) is 0 Å². The van der Waals surface area contributed by atoms with Crippen molar-refractivity contribution >= 4 is 58.7 Å². The highest BCUT2D eigenvalue weighted by Gasteiger charge is 2.25. The number of hydrogen-bond acceptors (Lipinski definition) is 11. The molecule has 0 saturated heterocycles. The first-order valence-electron chi connectivity index (χ1n) is 7.42. The lowest BCUT2D eigenvalue weighted by atomic mass is 10.1. The molecular weight excluding hydrogens is 466 g/mol. The third-order valence-corrected chi connectivity index (χ3v) is 6.29. The molecule has 3 rings (SSSR count). The van der Waals surface area contributed by atoms with E-state index in [9.17, 15) is 38.9 Å². The van der Waals surface area contributed by atoms with E-state index in [1.807, 2.05) is 0 Å². The molecule has 0 amide bonds. The van der Waals surface area contributed by atoms with Gasteiger partial charge in [0.1, 0.15) is 16.1 Å². The lowest BCUT2D eigenvalue weighted by Gasteiger charge is -2.13.